The number of rotatable bonds is 6. The molecule has 7 nitrogen and oxygen atoms in total. The van der Waals surface area contributed by atoms with Gasteiger partial charge in [0.05, 0.1) is 20.1 Å². The number of ether oxygens (including phenoxy) is 2. The van der Waals surface area contributed by atoms with Gasteiger partial charge < -0.3 is 25.4 Å². The molecule has 3 N–H and O–H groups in total. The minimum absolute atomic E-state index is 0.151. The van der Waals surface area contributed by atoms with Crippen LogP contribution in [0.2, 0.25) is 0 Å². The van der Waals surface area contributed by atoms with Crippen LogP contribution in [0.15, 0.2) is 18.2 Å². The molecule has 24 heavy (non-hydrogen) atoms. The second-order valence-corrected chi connectivity index (χ2v) is 5.86. The molecule has 0 unspecified atom stereocenters. The summed E-state index contributed by atoms with van der Waals surface area (Å²) in [7, 11) is 3.19. The fourth-order valence-corrected chi connectivity index (χ4v) is 2.86. The lowest BCUT2D eigenvalue weighted by Crippen LogP contribution is -2.48. The molecule has 0 aliphatic carbocycles. The van der Waals surface area contributed by atoms with Gasteiger partial charge in [-0.3, -0.25) is 4.79 Å². The van der Waals surface area contributed by atoms with Crippen molar-refractivity contribution in [3.05, 3.63) is 23.8 Å². The number of nitrogens with two attached hydrogens (primary N) is 1. The SMILES string of the molecule is COc1ccc(CCNC(=O)N2CCC[C@H](C(N)=O)C2)cc1OC. The van der Waals surface area contributed by atoms with Crippen LogP contribution in [0.3, 0.4) is 0 Å². The van der Waals surface area contributed by atoms with Crippen LogP contribution in [0.5, 0.6) is 11.5 Å². The standard InChI is InChI=1S/C17H25N3O4/c1-23-14-6-5-12(10-15(14)24-2)7-8-19-17(22)20-9-3-4-13(11-20)16(18)21/h5-6,10,13H,3-4,7-9,11H2,1-2H3,(H2,18,21)(H,19,22)/t13-/m0/s1. The maximum absolute atomic E-state index is 12.2. The number of urea groups is 1. The number of amides is 3. The molecule has 0 saturated carbocycles. The van der Waals surface area contributed by atoms with Gasteiger partial charge in [-0.2, -0.15) is 0 Å². The number of likely N-dealkylation sites (tertiary alicyclic amines) is 1. The van der Waals surface area contributed by atoms with E-state index in [1.807, 2.05) is 18.2 Å². The fourth-order valence-electron chi connectivity index (χ4n) is 2.86. The molecule has 1 aliphatic rings. The molecule has 0 radical (unpaired) electrons. The van der Waals surface area contributed by atoms with Gasteiger partial charge in [-0.05, 0) is 37.0 Å². The number of nitrogens with zero attached hydrogens (tertiary/aromatic N) is 1. The second-order valence-electron chi connectivity index (χ2n) is 5.86. The van der Waals surface area contributed by atoms with E-state index in [9.17, 15) is 9.59 Å². The van der Waals surface area contributed by atoms with Gasteiger partial charge in [0, 0.05) is 19.6 Å². The van der Waals surface area contributed by atoms with Gasteiger partial charge in [0.25, 0.3) is 0 Å². The van der Waals surface area contributed by atoms with Crippen molar-refractivity contribution >= 4 is 11.9 Å². The van der Waals surface area contributed by atoms with Crippen molar-refractivity contribution in [3.63, 3.8) is 0 Å². The predicted molar refractivity (Wildman–Crippen MR) is 90.1 cm³/mol. The van der Waals surface area contributed by atoms with Crippen molar-refractivity contribution in [3.8, 4) is 11.5 Å². The molecule has 1 aromatic rings. The van der Waals surface area contributed by atoms with Crippen LogP contribution in [0, 0.1) is 5.92 Å². The number of benzene rings is 1. The summed E-state index contributed by atoms with van der Waals surface area (Å²) >= 11 is 0. The Hall–Kier alpha value is -2.44. The first-order valence-electron chi connectivity index (χ1n) is 8.08. The van der Waals surface area contributed by atoms with Gasteiger partial charge in [0.1, 0.15) is 0 Å². The van der Waals surface area contributed by atoms with Crippen LogP contribution >= 0.6 is 0 Å². The van der Waals surface area contributed by atoms with Crippen LogP contribution in [-0.4, -0.2) is 50.7 Å². The van der Waals surface area contributed by atoms with E-state index in [4.69, 9.17) is 15.2 Å². The molecular formula is C17H25N3O4. The van der Waals surface area contributed by atoms with E-state index >= 15 is 0 Å². The first kappa shape index (κ1) is 17.9. The van der Waals surface area contributed by atoms with Crippen molar-refractivity contribution in [2.24, 2.45) is 11.7 Å². The number of primary amides is 1. The van der Waals surface area contributed by atoms with Gasteiger partial charge in [-0.15, -0.1) is 0 Å². The molecule has 1 fully saturated rings. The third kappa shape index (κ3) is 4.53. The number of piperidine rings is 1. The Morgan fingerprint density at radius 3 is 2.71 bits per heavy atom. The molecule has 1 aliphatic heterocycles. The number of methoxy groups -OCH3 is 2. The third-order valence-corrected chi connectivity index (χ3v) is 4.25. The molecule has 1 atom stereocenters. The molecular weight excluding hydrogens is 310 g/mol. The number of hydrogen-bond donors (Lipinski definition) is 2. The lowest BCUT2D eigenvalue weighted by Gasteiger charge is -2.31. The number of hydrogen-bond acceptors (Lipinski definition) is 4. The average molecular weight is 335 g/mol. The fraction of sp³-hybridized carbons (Fsp3) is 0.529. The smallest absolute Gasteiger partial charge is 0.317 e. The summed E-state index contributed by atoms with van der Waals surface area (Å²) in [4.78, 5) is 25.1. The Bertz CT molecular complexity index is 591. The molecule has 0 bridgehead atoms. The largest absolute Gasteiger partial charge is 0.493 e. The van der Waals surface area contributed by atoms with Crippen molar-refractivity contribution in [2.75, 3.05) is 33.9 Å². The summed E-state index contributed by atoms with van der Waals surface area (Å²) in [5.41, 5.74) is 6.38. The molecule has 1 saturated heterocycles. The third-order valence-electron chi connectivity index (χ3n) is 4.25. The number of carbonyl (C=O) groups excluding carboxylic acids is 2. The monoisotopic (exact) mass is 335 g/mol. The minimum Gasteiger partial charge on any atom is -0.493 e. The Kier molecular flexibility index (Phi) is 6.28. The molecule has 132 valence electrons. The topological polar surface area (TPSA) is 93.9 Å². The van der Waals surface area contributed by atoms with Crippen LogP contribution < -0.4 is 20.5 Å². The van der Waals surface area contributed by atoms with Crippen LogP contribution in [0.4, 0.5) is 4.79 Å². The van der Waals surface area contributed by atoms with Gasteiger partial charge in [0.2, 0.25) is 5.91 Å². The normalized spacial score (nSPS) is 17.2. The average Bonchev–Trinajstić information content (AvgIpc) is 2.61. The van der Waals surface area contributed by atoms with E-state index < -0.39 is 0 Å². The first-order chi connectivity index (χ1) is 11.5. The van der Waals surface area contributed by atoms with E-state index in [0.29, 0.717) is 37.6 Å². The maximum atomic E-state index is 12.2. The van der Waals surface area contributed by atoms with Crippen molar-refractivity contribution in [1.82, 2.24) is 10.2 Å². The highest BCUT2D eigenvalue weighted by atomic mass is 16.5. The lowest BCUT2D eigenvalue weighted by atomic mass is 9.98. The molecule has 0 spiro atoms. The molecule has 1 aromatic carbocycles. The van der Waals surface area contributed by atoms with E-state index in [0.717, 1.165) is 18.4 Å². The van der Waals surface area contributed by atoms with E-state index in [1.165, 1.54) is 0 Å². The Balaban J connectivity index is 1.83. The molecule has 0 aromatic heterocycles. The van der Waals surface area contributed by atoms with Crippen molar-refractivity contribution in [1.29, 1.82) is 0 Å². The molecule has 1 heterocycles. The summed E-state index contributed by atoms with van der Waals surface area (Å²) in [5.74, 6) is 0.769. The predicted octanol–water partition coefficient (Wildman–Crippen LogP) is 1.15. The quantitative estimate of drug-likeness (QED) is 0.815. The Morgan fingerprint density at radius 1 is 1.29 bits per heavy atom. The number of carbonyl (C=O) groups is 2. The molecule has 3 amide bonds. The maximum Gasteiger partial charge on any atom is 0.317 e. The molecule has 7 heteroatoms. The highest BCUT2D eigenvalue weighted by Gasteiger charge is 2.26. The van der Waals surface area contributed by atoms with Gasteiger partial charge >= 0.3 is 6.03 Å². The second kappa shape index (κ2) is 8.42. The zero-order valence-electron chi connectivity index (χ0n) is 14.2. The Morgan fingerprint density at radius 2 is 2.04 bits per heavy atom. The number of nitrogens with one attached hydrogen (secondary N) is 1. The summed E-state index contributed by atoms with van der Waals surface area (Å²) < 4.78 is 10.5. The zero-order valence-corrected chi connectivity index (χ0v) is 14.2. The highest BCUT2D eigenvalue weighted by molar-refractivity contribution is 5.79. The van der Waals surface area contributed by atoms with Crippen LogP contribution in [-0.2, 0) is 11.2 Å². The lowest BCUT2D eigenvalue weighted by molar-refractivity contribution is -0.123. The van der Waals surface area contributed by atoms with Crippen LogP contribution in [0.25, 0.3) is 0 Å². The summed E-state index contributed by atoms with van der Waals surface area (Å²) in [6, 6.07) is 5.53. The van der Waals surface area contributed by atoms with E-state index in [-0.39, 0.29) is 17.9 Å². The Labute approximate surface area is 142 Å². The van der Waals surface area contributed by atoms with Gasteiger partial charge in [-0.1, -0.05) is 6.07 Å². The minimum atomic E-state index is -0.335. The van der Waals surface area contributed by atoms with E-state index in [1.54, 1.807) is 19.1 Å². The summed E-state index contributed by atoms with van der Waals surface area (Å²) in [5, 5.41) is 2.89. The molecule has 2 rings (SSSR count). The van der Waals surface area contributed by atoms with Crippen molar-refractivity contribution < 1.29 is 19.1 Å². The summed E-state index contributed by atoms with van der Waals surface area (Å²) in [6.07, 6.45) is 2.24. The highest BCUT2D eigenvalue weighted by Crippen LogP contribution is 2.27. The van der Waals surface area contributed by atoms with Gasteiger partial charge in [-0.25, -0.2) is 4.79 Å². The van der Waals surface area contributed by atoms with E-state index in [2.05, 4.69) is 5.32 Å². The van der Waals surface area contributed by atoms with Crippen molar-refractivity contribution in [2.45, 2.75) is 19.3 Å². The first-order valence-corrected chi connectivity index (χ1v) is 8.08. The van der Waals surface area contributed by atoms with Gasteiger partial charge in [0.15, 0.2) is 11.5 Å². The van der Waals surface area contributed by atoms with Crippen LogP contribution in [0.1, 0.15) is 18.4 Å². The zero-order chi connectivity index (χ0) is 17.5. The summed E-state index contributed by atoms with van der Waals surface area (Å²) in [6.45, 7) is 1.57.